The van der Waals surface area contributed by atoms with Gasteiger partial charge in [-0.3, -0.25) is 9.59 Å². The molecule has 4 nitrogen and oxygen atoms in total. The van der Waals surface area contributed by atoms with Gasteiger partial charge in [0.05, 0.1) is 17.3 Å². The largest absolute Gasteiger partial charge is 0.424 e. The molecule has 21 heavy (non-hydrogen) atoms. The lowest BCUT2D eigenvalue weighted by Gasteiger charge is -2.09. The number of aromatic nitrogens is 1. The minimum absolute atomic E-state index is 0.129. The molecule has 0 fully saturated rings. The van der Waals surface area contributed by atoms with Gasteiger partial charge in [0.1, 0.15) is 0 Å². The van der Waals surface area contributed by atoms with E-state index in [4.69, 9.17) is 16.3 Å². The van der Waals surface area contributed by atoms with Crippen LogP contribution in [-0.2, 0) is 11.8 Å². The zero-order valence-corrected chi connectivity index (χ0v) is 12.7. The molecule has 0 saturated carbocycles. The third kappa shape index (κ3) is 1.98. The molecule has 3 rings (SSSR count). The lowest BCUT2D eigenvalue weighted by Crippen LogP contribution is -2.15. The van der Waals surface area contributed by atoms with Crippen LogP contribution in [0.2, 0.25) is 5.02 Å². The smallest absolute Gasteiger partial charge is 0.320 e. The summed E-state index contributed by atoms with van der Waals surface area (Å²) in [5.74, 6) is -0.249. The molecule has 0 N–H and O–H groups in total. The number of benzene rings is 1. The van der Waals surface area contributed by atoms with Crippen LogP contribution in [0.5, 0.6) is 5.75 Å². The second-order valence-corrected chi connectivity index (χ2v) is 5.67. The minimum Gasteiger partial charge on any atom is -0.424 e. The van der Waals surface area contributed by atoms with Crippen molar-refractivity contribution in [2.24, 2.45) is 7.05 Å². The highest BCUT2D eigenvalue weighted by Crippen LogP contribution is 2.41. The Bertz CT molecular complexity index is 776. The third-order valence-electron chi connectivity index (χ3n) is 3.89. The van der Waals surface area contributed by atoms with Crippen molar-refractivity contribution in [1.82, 2.24) is 4.57 Å². The summed E-state index contributed by atoms with van der Waals surface area (Å²) in [6.45, 7) is 3.57. The number of ether oxygens (including phenoxy) is 1. The number of carbonyl (C=O) groups is 2. The van der Waals surface area contributed by atoms with Crippen LogP contribution >= 0.6 is 11.6 Å². The number of hydrogen-bond donors (Lipinski definition) is 0. The lowest BCUT2D eigenvalue weighted by molar-refractivity contribution is -0.133. The van der Waals surface area contributed by atoms with Crippen molar-refractivity contribution in [3.8, 4) is 5.75 Å². The molecule has 0 spiro atoms. The Kier molecular flexibility index (Phi) is 3.14. The minimum atomic E-state index is -0.357. The lowest BCUT2D eigenvalue weighted by atomic mass is 10.1. The Morgan fingerprint density at radius 2 is 2.10 bits per heavy atom. The highest BCUT2D eigenvalue weighted by Gasteiger charge is 2.37. The molecule has 108 valence electrons. The van der Waals surface area contributed by atoms with Crippen LogP contribution in [0.1, 0.15) is 40.2 Å². The molecule has 5 heteroatoms. The van der Waals surface area contributed by atoms with E-state index in [1.54, 1.807) is 49.7 Å². The highest BCUT2D eigenvalue weighted by molar-refractivity contribution is 6.31. The van der Waals surface area contributed by atoms with Crippen molar-refractivity contribution in [1.29, 1.82) is 0 Å². The van der Waals surface area contributed by atoms with Crippen molar-refractivity contribution in [2.45, 2.75) is 19.8 Å². The normalized spacial score (nSPS) is 16.8. The van der Waals surface area contributed by atoms with Gasteiger partial charge in [-0.15, -0.1) is 0 Å². The van der Waals surface area contributed by atoms with Crippen LogP contribution in [0.25, 0.3) is 0 Å². The number of halogens is 1. The Morgan fingerprint density at radius 1 is 1.38 bits per heavy atom. The van der Waals surface area contributed by atoms with Gasteiger partial charge >= 0.3 is 5.97 Å². The molecule has 0 aliphatic carbocycles. The quantitative estimate of drug-likeness (QED) is 0.632. The number of carbonyl (C=O) groups excluding carboxylic acids is 2. The molecule has 1 aliphatic heterocycles. The SMILES string of the molecule is Cc1c2c(n(C)c1C(=O)c1cccc(Cl)c1)C(C)C(=O)O2. The fourth-order valence-corrected chi connectivity index (χ4v) is 3.02. The predicted octanol–water partition coefficient (Wildman–Crippen LogP) is 3.24. The van der Waals surface area contributed by atoms with Gasteiger partial charge in [-0.1, -0.05) is 23.7 Å². The van der Waals surface area contributed by atoms with E-state index in [-0.39, 0.29) is 17.7 Å². The zero-order valence-electron chi connectivity index (χ0n) is 11.9. The molecule has 0 amide bonds. The van der Waals surface area contributed by atoms with E-state index in [0.717, 1.165) is 5.69 Å². The first kappa shape index (κ1) is 13.9. The van der Waals surface area contributed by atoms with Crippen LogP contribution in [0.3, 0.4) is 0 Å². The fourth-order valence-electron chi connectivity index (χ4n) is 2.83. The monoisotopic (exact) mass is 303 g/mol. The summed E-state index contributed by atoms with van der Waals surface area (Å²) < 4.78 is 7.04. The second-order valence-electron chi connectivity index (χ2n) is 5.23. The Labute approximate surface area is 127 Å². The third-order valence-corrected chi connectivity index (χ3v) is 4.13. The summed E-state index contributed by atoms with van der Waals surface area (Å²) in [5.41, 5.74) is 2.49. The van der Waals surface area contributed by atoms with Gasteiger partial charge in [-0.05, 0) is 26.0 Å². The Balaban J connectivity index is 2.13. The summed E-state index contributed by atoms with van der Waals surface area (Å²) >= 11 is 5.94. The van der Waals surface area contributed by atoms with Crippen molar-refractivity contribution in [3.63, 3.8) is 0 Å². The van der Waals surface area contributed by atoms with E-state index in [1.807, 2.05) is 0 Å². The van der Waals surface area contributed by atoms with Crippen molar-refractivity contribution in [3.05, 3.63) is 51.8 Å². The van der Waals surface area contributed by atoms with Gasteiger partial charge in [0.25, 0.3) is 0 Å². The van der Waals surface area contributed by atoms with E-state index in [0.29, 0.717) is 27.6 Å². The van der Waals surface area contributed by atoms with E-state index < -0.39 is 0 Å². The summed E-state index contributed by atoms with van der Waals surface area (Å²) in [4.78, 5) is 24.4. The summed E-state index contributed by atoms with van der Waals surface area (Å²) in [6, 6.07) is 6.82. The fraction of sp³-hybridized carbons (Fsp3) is 0.250. The van der Waals surface area contributed by atoms with E-state index in [1.165, 1.54) is 0 Å². The van der Waals surface area contributed by atoms with Gasteiger partial charge in [-0.25, -0.2) is 0 Å². The summed E-state index contributed by atoms with van der Waals surface area (Å²) in [6.07, 6.45) is 0. The topological polar surface area (TPSA) is 48.3 Å². The number of esters is 1. The molecule has 2 aromatic rings. The molecule has 1 aromatic heterocycles. The van der Waals surface area contributed by atoms with Crippen molar-refractivity contribution >= 4 is 23.4 Å². The molecule has 0 bridgehead atoms. The van der Waals surface area contributed by atoms with Crippen LogP contribution < -0.4 is 4.74 Å². The Morgan fingerprint density at radius 3 is 2.71 bits per heavy atom. The summed E-state index contributed by atoms with van der Waals surface area (Å²) in [7, 11) is 1.78. The molecule has 0 saturated heterocycles. The first-order valence-electron chi connectivity index (χ1n) is 6.63. The number of rotatable bonds is 2. The first-order valence-corrected chi connectivity index (χ1v) is 7.00. The maximum Gasteiger partial charge on any atom is 0.320 e. The predicted molar refractivity (Wildman–Crippen MR) is 79.1 cm³/mol. The van der Waals surface area contributed by atoms with Gasteiger partial charge in [0.15, 0.2) is 5.75 Å². The van der Waals surface area contributed by atoms with Crippen molar-refractivity contribution < 1.29 is 14.3 Å². The first-order chi connectivity index (χ1) is 9.91. The maximum atomic E-state index is 12.7. The molecular weight excluding hydrogens is 290 g/mol. The Hall–Kier alpha value is -2.07. The van der Waals surface area contributed by atoms with Crippen molar-refractivity contribution in [2.75, 3.05) is 0 Å². The standard InChI is InChI=1S/C16H14ClNO3/c1-8-12(14(19)10-5-4-6-11(17)7-10)18(3)13-9(2)16(20)21-15(8)13/h4-7,9H,1-3H3. The van der Waals surface area contributed by atoms with Crippen LogP contribution in [-0.4, -0.2) is 16.3 Å². The van der Waals surface area contributed by atoms with Gasteiger partial charge < -0.3 is 9.30 Å². The highest BCUT2D eigenvalue weighted by atomic mass is 35.5. The average molecular weight is 304 g/mol. The average Bonchev–Trinajstić information content (AvgIpc) is 2.86. The van der Waals surface area contributed by atoms with Gasteiger partial charge in [-0.2, -0.15) is 0 Å². The molecule has 1 aliphatic rings. The van der Waals surface area contributed by atoms with E-state index in [2.05, 4.69) is 0 Å². The van der Waals surface area contributed by atoms with E-state index in [9.17, 15) is 9.59 Å². The second kappa shape index (κ2) is 4.74. The molecule has 0 radical (unpaired) electrons. The maximum absolute atomic E-state index is 12.7. The number of hydrogen-bond acceptors (Lipinski definition) is 3. The molecular formula is C16H14ClNO3. The summed E-state index contributed by atoms with van der Waals surface area (Å²) in [5, 5.41) is 0.514. The zero-order chi connectivity index (χ0) is 15.3. The van der Waals surface area contributed by atoms with Gasteiger partial charge in [0.2, 0.25) is 5.78 Å². The number of ketones is 1. The molecule has 2 heterocycles. The van der Waals surface area contributed by atoms with Crippen LogP contribution in [0.4, 0.5) is 0 Å². The van der Waals surface area contributed by atoms with Crippen LogP contribution in [0, 0.1) is 6.92 Å². The van der Waals surface area contributed by atoms with Crippen LogP contribution in [0.15, 0.2) is 24.3 Å². The van der Waals surface area contributed by atoms with E-state index >= 15 is 0 Å². The molecule has 1 unspecified atom stereocenters. The van der Waals surface area contributed by atoms with Gasteiger partial charge in [0, 0.05) is 23.2 Å². The number of fused-ring (bicyclic) bond motifs is 1. The molecule has 1 atom stereocenters. The number of nitrogens with zero attached hydrogens (tertiary/aromatic N) is 1. The molecule has 1 aromatic carbocycles.